The monoisotopic (exact) mass is 195 g/mol. The second-order valence-corrected chi connectivity index (χ2v) is 4.85. The van der Waals surface area contributed by atoms with E-state index in [9.17, 15) is 0 Å². The molecule has 0 spiro atoms. The Hall–Kier alpha value is -0.300. The summed E-state index contributed by atoms with van der Waals surface area (Å²) in [4.78, 5) is 0. The third-order valence-electron chi connectivity index (χ3n) is 3.61. The van der Waals surface area contributed by atoms with Gasteiger partial charge in [0.1, 0.15) is 0 Å². The Bertz CT molecular complexity index is 174. The molecular weight excluding hydrogens is 170 g/mol. The number of hydrogen-bond acceptors (Lipinski definition) is 1. The molecule has 82 valence electrons. The first kappa shape index (κ1) is 11.8. The Labute approximate surface area is 89.0 Å². The molecule has 1 heteroatoms. The van der Waals surface area contributed by atoms with Gasteiger partial charge in [-0.3, -0.25) is 0 Å². The van der Waals surface area contributed by atoms with E-state index in [-0.39, 0.29) is 0 Å². The molecule has 0 aliphatic heterocycles. The first-order valence-corrected chi connectivity index (χ1v) is 6.05. The number of hydrogen-bond donors (Lipinski definition) is 1. The van der Waals surface area contributed by atoms with Crippen molar-refractivity contribution >= 4 is 0 Å². The van der Waals surface area contributed by atoms with Crippen molar-refractivity contribution in [3.05, 3.63) is 12.2 Å². The summed E-state index contributed by atoms with van der Waals surface area (Å²) in [5, 5.41) is 3.17. The van der Waals surface area contributed by atoms with Crippen molar-refractivity contribution in [2.45, 2.75) is 39.5 Å². The van der Waals surface area contributed by atoms with Gasteiger partial charge in [-0.25, -0.2) is 0 Å². The van der Waals surface area contributed by atoms with Gasteiger partial charge in [-0.2, -0.15) is 0 Å². The normalized spacial score (nSPS) is 33.8. The Balaban J connectivity index is 2.22. The minimum atomic E-state index is 0.859. The van der Waals surface area contributed by atoms with Crippen LogP contribution in [0.3, 0.4) is 0 Å². The summed E-state index contributed by atoms with van der Waals surface area (Å²) in [6, 6.07) is 0. The highest BCUT2D eigenvalue weighted by molar-refractivity contribution is 4.92. The highest BCUT2D eigenvalue weighted by Crippen LogP contribution is 2.33. The molecule has 0 aromatic heterocycles. The van der Waals surface area contributed by atoms with E-state index in [4.69, 9.17) is 0 Å². The van der Waals surface area contributed by atoms with Crippen molar-refractivity contribution in [3.63, 3.8) is 0 Å². The zero-order valence-corrected chi connectivity index (χ0v) is 9.92. The summed E-state index contributed by atoms with van der Waals surface area (Å²) >= 11 is 0. The van der Waals surface area contributed by atoms with Gasteiger partial charge in [0.15, 0.2) is 0 Å². The van der Waals surface area contributed by atoms with E-state index in [1.54, 1.807) is 0 Å². The maximum atomic E-state index is 3.17. The second kappa shape index (κ2) is 6.23. The van der Waals surface area contributed by atoms with E-state index in [0.29, 0.717) is 0 Å². The molecule has 3 unspecified atom stereocenters. The predicted octanol–water partition coefficient (Wildman–Crippen LogP) is 3.22. The molecule has 0 aromatic rings. The van der Waals surface area contributed by atoms with Gasteiger partial charge in [0.2, 0.25) is 0 Å². The summed E-state index contributed by atoms with van der Waals surface area (Å²) in [6.07, 6.45) is 10.2. The van der Waals surface area contributed by atoms with Crippen molar-refractivity contribution in [2.75, 3.05) is 13.6 Å². The molecule has 3 atom stereocenters. The molecule has 1 rings (SSSR count). The van der Waals surface area contributed by atoms with E-state index < -0.39 is 0 Å². The van der Waals surface area contributed by atoms with Crippen LogP contribution in [0, 0.1) is 17.8 Å². The summed E-state index contributed by atoms with van der Waals surface area (Å²) in [6.45, 7) is 5.90. The lowest BCUT2D eigenvalue weighted by atomic mass is 9.76. The van der Waals surface area contributed by atoms with Crippen molar-refractivity contribution in [1.29, 1.82) is 0 Å². The van der Waals surface area contributed by atoms with Gasteiger partial charge in [0, 0.05) is 0 Å². The van der Waals surface area contributed by atoms with E-state index in [1.807, 2.05) is 7.05 Å². The number of rotatable bonds is 4. The third kappa shape index (κ3) is 3.83. The third-order valence-corrected chi connectivity index (χ3v) is 3.61. The van der Waals surface area contributed by atoms with E-state index in [1.165, 1.54) is 25.7 Å². The summed E-state index contributed by atoms with van der Waals surface area (Å²) in [7, 11) is 2.01. The van der Waals surface area contributed by atoms with Crippen LogP contribution in [0.15, 0.2) is 12.2 Å². The summed E-state index contributed by atoms with van der Waals surface area (Å²) in [5.41, 5.74) is 0. The minimum absolute atomic E-state index is 0.859. The Kier molecular flexibility index (Phi) is 5.24. The summed E-state index contributed by atoms with van der Waals surface area (Å²) in [5.74, 6) is 2.72. The highest BCUT2D eigenvalue weighted by Gasteiger charge is 2.22. The second-order valence-electron chi connectivity index (χ2n) is 4.85. The van der Waals surface area contributed by atoms with E-state index in [2.05, 4.69) is 31.3 Å². The predicted molar refractivity (Wildman–Crippen MR) is 63.4 cm³/mol. The first-order valence-electron chi connectivity index (χ1n) is 6.05. The van der Waals surface area contributed by atoms with Crippen LogP contribution in [-0.4, -0.2) is 13.6 Å². The Morgan fingerprint density at radius 1 is 1.21 bits per heavy atom. The van der Waals surface area contributed by atoms with Crippen molar-refractivity contribution in [2.24, 2.45) is 17.8 Å². The SMILES string of the molecule is CNCCC=CC1CCC(C)C(C)C1. The Morgan fingerprint density at radius 3 is 2.64 bits per heavy atom. The number of allylic oxidation sites excluding steroid dienone is 1. The van der Waals surface area contributed by atoms with E-state index >= 15 is 0 Å². The van der Waals surface area contributed by atoms with Crippen LogP contribution in [0.4, 0.5) is 0 Å². The molecule has 0 bridgehead atoms. The van der Waals surface area contributed by atoms with Gasteiger partial charge in [-0.15, -0.1) is 0 Å². The fraction of sp³-hybridized carbons (Fsp3) is 0.846. The zero-order valence-electron chi connectivity index (χ0n) is 9.92. The van der Waals surface area contributed by atoms with Crippen molar-refractivity contribution < 1.29 is 0 Å². The van der Waals surface area contributed by atoms with Gasteiger partial charge in [0.25, 0.3) is 0 Å². The molecule has 1 N–H and O–H groups in total. The van der Waals surface area contributed by atoms with Crippen molar-refractivity contribution in [3.8, 4) is 0 Å². The smallest absolute Gasteiger partial charge is 0.00173 e. The molecule has 14 heavy (non-hydrogen) atoms. The molecule has 0 heterocycles. The fourth-order valence-electron chi connectivity index (χ4n) is 2.28. The van der Waals surface area contributed by atoms with Crippen LogP contribution in [0.2, 0.25) is 0 Å². The lowest BCUT2D eigenvalue weighted by molar-refractivity contribution is 0.236. The maximum absolute atomic E-state index is 3.17. The topological polar surface area (TPSA) is 12.0 Å². The van der Waals surface area contributed by atoms with Crippen molar-refractivity contribution in [1.82, 2.24) is 5.32 Å². The van der Waals surface area contributed by atoms with Gasteiger partial charge in [0.05, 0.1) is 0 Å². The average Bonchev–Trinajstić information content (AvgIpc) is 2.18. The molecule has 1 saturated carbocycles. The molecule has 1 aliphatic rings. The van der Waals surface area contributed by atoms with Crippen LogP contribution < -0.4 is 5.32 Å². The van der Waals surface area contributed by atoms with Gasteiger partial charge in [-0.1, -0.05) is 26.0 Å². The standard InChI is InChI=1S/C13H25N/c1-11-7-8-13(10-12(11)2)6-4-5-9-14-3/h4,6,11-14H,5,7-10H2,1-3H3. The van der Waals surface area contributed by atoms with Crippen LogP contribution >= 0.6 is 0 Å². The largest absolute Gasteiger partial charge is 0.319 e. The van der Waals surface area contributed by atoms with Gasteiger partial charge in [-0.05, 0) is 57.0 Å². The van der Waals surface area contributed by atoms with E-state index in [0.717, 1.165) is 24.3 Å². The van der Waals surface area contributed by atoms with Crippen LogP contribution in [0.1, 0.15) is 39.5 Å². The molecule has 0 saturated heterocycles. The van der Waals surface area contributed by atoms with Crippen LogP contribution in [-0.2, 0) is 0 Å². The van der Waals surface area contributed by atoms with Crippen LogP contribution in [0.25, 0.3) is 0 Å². The maximum Gasteiger partial charge on any atom is -0.00173 e. The minimum Gasteiger partial charge on any atom is -0.319 e. The molecular formula is C13H25N. The Morgan fingerprint density at radius 2 is 2.00 bits per heavy atom. The molecule has 1 nitrogen and oxygen atoms in total. The quantitative estimate of drug-likeness (QED) is 0.536. The first-order chi connectivity index (χ1) is 6.74. The highest BCUT2D eigenvalue weighted by atomic mass is 14.8. The zero-order chi connectivity index (χ0) is 10.4. The van der Waals surface area contributed by atoms with Gasteiger partial charge < -0.3 is 5.32 Å². The summed E-state index contributed by atoms with van der Waals surface area (Å²) < 4.78 is 0. The van der Waals surface area contributed by atoms with Gasteiger partial charge >= 0.3 is 0 Å². The fourth-order valence-corrected chi connectivity index (χ4v) is 2.28. The number of nitrogens with one attached hydrogen (secondary N) is 1. The van der Waals surface area contributed by atoms with Crippen LogP contribution in [0.5, 0.6) is 0 Å². The molecule has 0 radical (unpaired) electrons. The average molecular weight is 195 g/mol. The molecule has 1 fully saturated rings. The lowest BCUT2D eigenvalue weighted by Crippen LogP contribution is -2.19. The molecule has 1 aliphatic carbocycles. The molecule has 0 amide bonds. The molecule has 0 aromatic carbocycles. The lowest BCUT2D eigenvalue weighted by Gasteiger charge is -2.30.